The van der Waals surface area contributed by atoms with Crippen LogP contribution >= 0.6 is 11.6 Å². The summed E-state index contributed by atoms with van der Waals surface area (Å²) in [6.45, 7) is 0.743. The second-order valence-electron chi connectivity index (χ2n) is 6.59. The maximum atomic E-state index is 12.7. The van der Waals surface area contributed by atoms with Crippen LogP contribution in [0.15, 0.2) is 24.3 Å². The first-order chi connectivity index (χ1) is 10.2. The van der Waals surface area contributed by atoms with Crippen molar-refractivity contribution in [2.24, 2.45) is 5.92 Å². The van der Waals surface area contributed by atoms with Gasteiger partial charge in [-0.05, 0) is 49.3 Å². The minimum Gasteiger partial charge on any atom is -0.335 e. The molecule has 114 valence electrons. The molecule has 0 unspecified atom stereocenters. The smallest absolute Gasteiger partial charge is 0.223 e. The Kier molecular flexibility index (Phi) is 4.84. The molecule has 0 aliphatic heterocycles. The molecule has 0 heterocycles. The second kappa shape index (κ2) is 6.83. The summed E-state index contributed by atoms with van der Waals surface area (Å²) in [7, 11) is 0. The molecule has 1 amide bonds. The fourth-order valence-corrected chi connectivity index (χ4v) is 3.48. The summed E-state index contributed by atoms with van der Waals surface area (Å²) < 4.78 is 0. The summed E-state index contributed by atoms with van der Waals surface area (Å²) in [5.41, 5.74) is 1.18. The number of amides is 1. The molecule has 0 spiro atoms. The van der Waals surface area contributed by atoms with Gasteiger partial charge in [0.25, 0.3) is 0 Å². The molecule has 3 heteroatoms. The minimum absolute atomic E-state index is 0.361. The zero-order valence-electron chi connectivity index (χ0n) is 12.6. The van der Waals surface area contributed by atoms with Crippen LogP contribution in [0.2, 0.25) is 5.02 Å². The summed E-state index contributed by atoms with van der Waals surface area (Å²) in [6, 6.07) is 8.37. The monoisotopic (exact) mass is 305 g/mol. The molecule has 0 aromatic heterocycles. The van der Waals surface area contributed by atoms with Crippen LogP contribution in [0.3, 0.4) is 0 Å². The number of rotatable bonds is 5. The molecule has 2 aliphatic rings. The van der Waals surface area contributed by atoms with Gasteiger partial charge in [-0.1, -0.05) is 43.0 Å². The molecular weight excluding hydrogens is 282 g/mol. The Morgan fingerprint density at radius 3 is 2.33 bits per heavy atom. The Bertz CT molecular complexity index is 474. The van der Waals surface area contributed by atoms with Gasteiger partial charge in [-0.3, -0.25) is 4.79 Å². The Morgan fingerprint density at radius 1 is 1.05 bits per heavy atom. The molecule has 0 bridgehead atoms. The van der Waals surface area contributed by atoms with Crippen molar-refractivity contribution < 1.29 is 4.79 Å². The first kappa shape index (κ1) is 14.9. The second-order valence-corrected chi connectivity index (χ2v) is 7.02. The average Bonchev–Trinajstić information content (AvgIpc) is 3.32. The van der Waals surface area contributed by atoms with Crippen LogP contribution in [0.5, 0.6) is 0 Å². The van der Waals surface area contributed by atoms with E-state index in [0.29, 0.717) is 17.9 Å². The summed E-state index contributed by atoms with van der Waals surface area (Å²) in [6.07, 6.45) is 9.54. The molecule has 2 nitrogen and oxygen atoms in total. The van der Waals surface area contributed by atoms with E-state index in [0.717, 1.165) is 18.0 Å². The van der Waals surface area contributed by atoms with Crippen molar-refractivity contribution >= 4 is 17.5 Å². The Morgan fingerprint density at radius 2 is 1.71 bits per heavy atom. The summed E-state index contributed by atoms with van der Waals surface area (Å²) in [4.78, 5) is 14.8. The van der Waals surface area contributed by atoms with Crippen LogP contribution in [0.25, 0.3) is 0 Å². The number of carbonyl (C=O) groups excluding carboxylic acids is 1. The van der Waals surface area contributed by atoms with Crippen LogP contribution in [0.1, 0.15) is 56.9 Å². The van der Waals surface area contributed by atoms with Crippen LogP contribution in [0.4, 0.5) is 0 Å². The highest BCUT2D eigenvalue weighted by atomic mass is 35.5. The van der Waals surface area contributed by atoms with Gasteiger partial charge in [0.1, 0.15) is 0 Å². The Balaban J connectivity index is 1.60. The van der Waals surface area contributed by atoms with Gasteiger partial charge in [0.15, 0.2) is 0 Å². The molecule has 21 heavy (non-hydrogen) atoms. The zero-order valence-corrected chi connectivity index (χ0v) is 13.3. The predicted molar refractivity (Wildman–Crippen MR) is 86.2 cm³/mol. The average molecular weight is 306 g/mol. The van der Waals surface area contributed by atoms with Crippen molar-refractivity contribution in [3.63, 3.8) is 0 Å². The third-order valence-corrected chi connectivity index (χ3v) is 5.01. The highest BCUT2D eigenvalue weighted by molar-refractivity contribution is 6.30. The van der Waals surface area contributed by atoms with Crippen molar-refractivity contribution in [1.29, 1.82) is 0 Å². The molecule has 2 aliphatic carbocycles. The maximum absolute atomic E-state index is 12.7. The number of hydrogen-bond acceptors (Lipinski definition) is 1. The van der Waals surface area contributed by atoms with Crippen LogP contribution < -0.4 is 0 Å². The lowest BCUT2D eigenvalue weighted by molar-refractivity contribution is -0.133. The van der Waals surface area contributed by atoms with Crippen molar-refractivity contribution in [2.75, 3.05) is 0 Å². The van der Waals surface area contributed by atoms with Gasteiger partial charge in [0.2, 0.25) is 5.91 Å². The van der Waals surface area contributed by atoms with Gasteiger partial charge in [0, 0.05) is 24.0 Å². The van der Waals surface area contributed by atoms with Crippen molar-refractivity contribution in [3.8, 4) is 0 Å². The summed E-state index contributed by atoms with van der Waals surface area (Å²) in [5.74, 6) is 0.983. The molecule has 0 saturated heterocycles. The van der Waals surface area contributed by atoms with E-state index >= 15 is 0 Å². The molecule has 0 atom stereocenters. The zero-order chi connectivity index (χ0) is 14.7. The normalized spacial score (nSPS) is 19.5. The number of benzene rings is 1. The van der Waals surface area contributed by atoms with Gasteiger partial charge in [-0.2, -0.15) is 0 Å². The molecule has 2 fully saturated rings. The van der Waals surface area contributed by atoms with E-state index in [-0.39, 0.29) is 0 Å². The Hall–Kier alpha value is -1.02. The lowest BCUT2D eigenvalue weighted by atomic mass is 9.86. The molecule has 0 radical (unpaired) electrons. The van der Waals surface area contributed by atoms with Gasteiger partial charge < -0.3 is 4.90 Å². The van der Waals surface area contributed by atoms with E-state index in [1.165, 1.54) is 50.5 Å². The third-order valence-electron chi connectivity index (χ3n) is 4.76. The largest absolute Gasteiger partial charge is 0.335 e. The Labute approximate surface area is 132 Å². The van der Waals surface area contributed by atoms with E-state index in [2.05, 4.69) is 4.90 Å². The molecule has 1 aromatic carbocycles. The van der Waals surface area contributed by atoms with Gasteiger partial charge in [-0.15, -0.1) is 0 Å². The van der Waals surface area contributed by atoms with Crippen LogP contribution in [-0.4, -0.2) is 16.8 Å². The van der Waals surface area contributed by atoms with Gasteiger partial charge in [-0.25, -0.2) is 0 Å². The lowest BCUT2D eigenvalue weighted by Gasteiger charge is -2.27. The quantitative estimate of drug-likeness (QED) is 0.765. The minimum atomic E-state index is 0.361. The third kappa shape index (κ3) is 4.23. The number of hydrogen-bond donors (Lipinski definition) is 0. The van der Waals surface area contributed by atoms with Crippen molar-refractivity contribution in [3.05, 3.63) is 34.9 Å². The SMILES string of the molecule is O=C(CC1CCCCC1)N(Cc1ccc(Cl)cc1)C1CC1. The summed E-state index contributed by atoms with van der Waals surface area (Å²) >= 11 is 5.93. The standard InChI is InChI=1S/C18H24ClNO/c19-16-8-6-15(7-9-16)13-20(17-10-11-17)18(21)12-14-4-2-1-3-5-14/h6-9,14,17H,1-5,10-13H2. The fourth-order valence-electron chi connectivity index (χ4n) is 3.35. The highest BCUT2D eigenvalue weighted by Gasteiger charge is 2.33. The lowest BCUT2D eigenvalue weighted by Crippen LogP contribution is -2.34. The molecule has 3 rings (SSSR count). The first-order valence-corrected chi connectivity index (χ1v) is 8.64. The van der Waals surface area contributed by atoms with Gasteiger partial charge in [0.05, 0.1) is 0 Å². The topological polar surface area (TPSA) is 20.3 Å². The summed E-state index contributed by atoms with van der Waals surface area (Å²) in [5, 5.41) is 0.755. The van der Waals surface area contributed by atoms with Crippen molar-refractivity contribution in [1.82, 2.24) is 4.90 Å². The van der Waals surface area contributed by atoms with Crippen molar-refractivity contribution in [2.45, 2.75) is 64.0 Å². The maximum Gasteiger partial charge on any atom is 0.223 e. The van der Waals surface area contributed by atoms with E-state index < -0.39 is 0 Å². The predicted octanol–water partition coefficient (Wildman–Crippen LogP) is 4.80. The van der Waals surface area contributed by atoms with E-state index in [4.69, 9.17) is 11.6 Å². The van der Waals surface area contributed by atoms with E-state index in [1.807, 2.05) is 24.3 Å². The number of carbonyl (C=O) groups is 1. The molecule has 1 aromatic rings. The van der Waals surface area contributed by atoms with Crippen LogP contribution in [-0.2, 0) is 11.3 Å². The van der Waals surface area contributed by atoms with E-state index in [1.54, 1.807) is 0 Å². The number of nitrogens with zero attached hydrogens (tertiary/aromatic N) is 1. The molecule has 2 saturated carbocycles. The van der Waals surface area contributed by atoms with E-state index in [9.17, 15) is 4.79 Å². The number of halogens is 1. The van der Waals surface area contributed by atoms with Gasteiger partial charge >= 0.3 is 0 Å². The first-order valence-electron chi connectivity index (χ1n) is 8.26. The van der Waals surface area contributed by atoms with Crippen LogP contribution in [0, 0.1) is 5.92 Å². The highest BCUT2D eigenvalue weighted by Crippen LogP contribution is 2.32. The molecule has 0 N–H and O–H groups in total. The molecular formula is C18H24ClNO. The fraction of sp³-hybridized carbons (Fsp3) is 0.611.